The monoisotopic (exact) mass is 295 g/mol. The van der Waals surface area contributed by atoms with E-state index in [1.54, 1.807) is 7.05 Å². The zero-order valence-corrected chi connectivity index (χ0v) is 12.2. The number of hydrogen-bond donors (Lipinski definition) is 2. The quantitative estimate of drug-likeness (QED) is 0.817. The summed E-state index contributed by atoms with van der Waals surface area (Å²) >= 11 is 5.87. The lowest BCUT2D eigenvalue weighted by atomic mass is 9.96. The molecule has 1 aromatic heterocycles. The molecule has 0 atom stereocenters. The van der Waals surface area contributed by atoms with Gasteiger partial charge in [0.05, 0.1) is 18.5 Å². The number of aromatic nitrogens is 2. The third kappa shape index (κ3) is 2.85. The zero-order valence-electron chi connectivity index (χ0n) is 10.6. The molecule has 18 heavy (non-hydrogen) atoms. The average molecular weight is 296 g/mol. The summed E-state index contributed by atoms with van der Waals surface area (Å²) in [7, 11) is -2.23. The van der Waals surface area contributed by atoms with Gasteiger partial charge < -0.3 is 9.67 Å². The Kier molecular flexibility index (Phi) is 4.77. The van der Waals surface area contributed by atoms with Gasteiger partial charge in [-0.2, -0.15) is 0 Å². The lowest BCUT2D eigenvalue weighted by Gasteiger charge is -2.29. The minimum absolute atomic E-state index is 0.0431. The number of imidazole rings is 1. The van der Waals surface area contributed by atoms with Crippen LogP contribution in [0.1, 0.15) is 26.7 Å². The Morgan fingerprint density at radius 3 is 2.39 bits per heavy atom. The molecule has 104 valence electrons. The molecule has 0 aliphatic rings. The van der Waals surface area contributed by atoms with Crippen molar-refractivity contribution >= 4 is 21.6 Å². The van der Waals surface area contributed by atoms with Crippen molar-refractivity contribution in [3.05, 3.63) is 11.5 Å². The van der Waals surface area contributed by atoms with Gasteiger partial charge in [-0.25, -0.2) is 18.1 Å². The second-order valence-electron chi connectivity index (χ2n) is 4.20. The maximum absolute atomic E-state index is 12.2. The Labute approximate surface area is 112 Å². The number of aliphatic hydroxyl groups is 1. The van der Waals surface area contributed by atoms with Crippen molar-refractivity contribution in [2.45, 2.75) is 37.3 Å². The summed E-state index contributed by atoms with van der Waals surface area (Å²) < 4.78 is 28.3. The van der Waals surface area contributed by atoms with E-state index in [0.717, 1.165) is 0 Å². The minimum atomic E-state index is -3.84. The van der Waals surface area contributed by atoms with Crippen LogP contribution < -0.4 is 4.72 Å². The fraction of sp³-hybridized carbons (Fsp3) is 0.700. The van der Waals surface area contributed by atoms with E-state index < -0.39 is 15.6 Å². The number of nitrogens with one attached hydrogen (secondary N) is 1. The normalized spacial score (nSPS) is 12.9. The molecule has 0 aromatic carbocycles. The summed E-state index contributed by atoms with van der Waals surface area (Å²) in [5.74, 6) is 0. The van der Waals surface area contributed by atoms with Crippen LogP contribution in [0, 0.1) is 0 Å². The van der Waals surface area contributed by atoms with Gasteiger partial charge in [-0.1, -0.05) is 25.4 Å². The van der Waals surface area contributed by atoms with Crippen LogP contribution >= 0.6 is 11.6 Å². The predicted octanol–water partition coefficient (Wildman–Crippen LogP) is 0.903. The fourth-order valence-electron chi connectivity index (χ4n) is 1.56. The van der Waals surface area contributed by atoms with E-state index in [1.165, 1.54) is 10.9 Å². The molecular formula is C10H18ClN3O3S. The lowest BCUT2D eigenvalue weighted by molar-refractivity contribution is 0.172. The van der Waals surface area contributed by atoms with Gasteiger partial charge in [-0.3, -0.25) is 0 Å². The number of halogens is 1. The van der Waals surface area contributed by atoms with Crippen molar-refractivity contribution in [2.24, 2.45) is 7.05 Å². The third-order valence-electron chi connectivity index (χ3n) is 3.10. The highest BCUT2D eigenvalue weighted by molar-refractivity contribution is 7.89. The second kappa shape index (κ2) is 5.56. The molecule has 0 spiro atoms. The molecule has 2 N–H and O–H groups in total. The van der Waals surface area contributed by atoms with Gasteiger partial charge in [0.1, 0.15) is 5.15 Å². The van der Waals surface area contributed by atoms with Gasteiger partial charge in [-0.05, 0) is 12.8 Å². The fourth-order valence-corrected chi connectivity index (χ4v) is 3.53. The van der Waals surface area contributed by atoms with Crippen molar-refractivity contribution in [2.75, 3.05) is 6.61 Å². The Balaban J connectivity index is 3.13. The summed E-state index contributed by atoms with van der Waals surface area (Å²) in [5, 5.41) is 9.20. The molecule has 1 aromatic rings. The molecule has 8 heteroatoms. The Morgan fingerprint density at radius 2 is 2.06 bits per heavy atom. The van der Waals surface area contributed by atoms with Gasteiger partial charge in [0, 0.05) is 7.05 Å². The largest absolute Gasteiger partial charge is 0.394 e. The van der Waals surface area contributed by atoms with Gasteiger partial charge in [0.2, 0.25) is 5.03 Å². The van der Waals surface area contributed by atoms with E-state index in [0.29, 0.717) is 12.8 Å². The van der Waals surface area contributed by atoms with Gasteiger partial charge in [-0.15, -0.1) is 0 Å². The van der Waals surface area contributed by atoms with E-state index in [4.69, 9.17) is 11.6 Å². The van der Waals surface area contributed by atoms with Crippen LogP contribution in [0.15, 0.2) is 11.4 Å². The zero-order chi connectivity index (χ0) is 14.0. The SMILES string of the molecule is CCC(CC)(CO)NS(=O)(=O)c1ncn(C)c1Cl. The van der Waals surface area contributed by atoms with Crippen LogP contribution in [0.25, 0.3) is 0 Å². The third-order valence-corrected chi connectivity index (χ3v) is 5.16. The minimum Gasteiger partial charge on any atom is -0.394 e. The molecule has 1 rings (SSSR count). The standard InChI is InChI=1S/C10H18ClN3O3S/c1-4-10(5-2,6-15)13-18(16,17)9-8(11)14(3)7-12-9/h7,13,15H,4-6H2,1-3H3. The van der Waals surface area contributed by atoms with E-state index in [9.17, 15) is 13.5 Å². The maximum Gasteiger partial charge on any atom is 0.261 e. The van der Waals surface area contributed by atoms with E-state index in [1.807, 2.05) is 13.8 Å². The Bertz CT molecular complexity index is 500. The summed E-state index contributed by atoms with van der Waals surface area (Å²) in [4.78, 5) is 3.77. The number of aliphatic hydroxyl groups excluding tert-OH is 1. The van der Waals surface area contributed by atoms with E-state index in [2.05, 4.69) is 9.71 Å². The first-order valence-corrected chi connectivity index (χ1v) is 7.49. The number of sulfonamides is 1. The molecule has 1 heterocycles. The highest BCUT2D eigenvalue weighted by Crippen LogP contribution is 2.22. The molecule has 0 aliphatic carbocycles. The number of rotatable bonds is 6. The average Bonchev–Trinajstić information content (AvgIpc) is 2.68. The molecular weight excluding hydrogens is 278 g/mol. The molecule has 0 saturated heterocycles. The van der Waals surface area contributed by atoms with Gasteiger partial charge >= 0.3 is 0 Å². The predicted molar refractivity (Wildman–Crippen MR) is 68.9 cm³/mol. The molecule has 0 amide bonds. The summed E-state index contributed by atoms with van der Waals surface area (Å²) in [6, 6.07) is 0. The molecule has 6 nitrogen and oxygen atoms in total. The van der Waals surface area contributed by atoms with Crippen molar-refractivity contribution in [3.63, 3.8) is 0 Å². The first-order chi connectivity index (χ1) is 8.32. The lowest BCUT2D eigenvalue weighted by Crippen LogP contribution is -2.50. The topological polar surface area (TPSA) is 84.2 Å². The van der Waals surface area contributed by atoms with Crippen LogP contribution in [-0.2, 0) is 17.1 Å². The molecule has 0 radical (unpaired) electrons. The molecule has 0 fully saturated rings. The van der Waals surface area contributed by atoms with Crippen LogP contribution in [0.5, 0.6) is 0 Å². The summed E-state index contributed by atoms with van der Waals surface area (Å²) in [6.07, 6.45) is 2.28. The number of nitrogens with zero attached hydrogens (tertiary/aromatic N) is 2. The number of aryl methyl sites for hydroxylation is 1. The summed E-state index contributed by atoms with van der Waals surface area (Å²) in [6.45, 7) is 3.34. The van der Waals surface area contributed by atoms with Crippen molar-refractivity contribution in [1.29, 1.82) is 0 Å². The molecule has 0 saturated carbocycles. The second-order valence-corrected chi connectivity index (χ2v) is 6.16. The first-order valence-electron chi connectivity index (χ1n) is 5.63. The van der Waals surface area contributed by atoms with Crippen LogP contribution in [0.3, 0.4) is 0 Å². The van der Waals surface area contributed by atoms with Crippen LogP contribution in [-0.4, -0.2) is 35.2 Å². The highest BCUT2D eigenvalue weighted by atomic mass is 35.5. The van der Waals surface area contributed by atoms with Crippen molar-refractivity contribution < 1.29 is 13.5 Å². The van der Waals surface area contributed by atoms with E-state index >= 15 is 0 Å². The van der Waals surface area contributed by atoms with Gasteiger partial charge in [0.15, 0.2) is 0 Å². The maximum atomic E-state index is 12.2. The molecule has 0 bridgehead atoms. The van der Waals surface area contributed by atoms with Crippen LogP contribution in [0.4, 0.5) is 0 Å². The smallest absolute Gasteiger partial charge is 0.261 e. The Hall–Kier alpha value is -0.630. The number of hydrogen-bond acceptors (Lipinski definition) is 4. The molecule has 0 aliphatic heterocycles. The summed E-state index contributed by atoms with van der Waals surface area (Å²) in [5.41, 5.74) is -0.875. The van der Waals surface area contributed by atoms with Gasteiger partial charge in [0.25, 0.3) is 10.0 Å². The Morgan fingerprint density at radius 1 is 1.50 bits per heavy atom. The first kappa shape index (κ1) is 15.4. The van der Waals surface area contributed by atoms with Crippen LogP contribution in [0.2, 0.25) is 5.15 Å². The highest BCUT2D eigenvalue weighted by Gasteiger charge is 2.33. The van der Waals surface area contributed by atoms with Crippen molar-refractivity contribution in [1.82, 2.24) is 14.3 Å². The van der Waals surface area contributed by atoms with Crippen molar-refractivity contribution in [3.8, 4) is 0 Å². The molecule has 0 unspecified atom stereocenters. The van der Waals surface area contributed by atoms with E-state index in [-0.39, 0.29) is 16.8 Å².